The first kappa shape index (κ1) is 12.1. The Kier molecular flexibility index (Phi) is 3.78. The largest absolute Gasteiger partial charge is 0.462 e. The molecule has 0 unspecified atom stereocenters. The lowest BCUT2D eigenvalue weighted by molar-refractivity contribution is 0.0527. The van der Waals surface area contributed by atoms with Crippen LogP contribution in [0.4, 0.5) is 0 Å². The lowest BCUT2D eigenvalue weighted by Gasteiger charge is -2.01. The van der Waals surface area contributed by atoms with E-state index in [1.54, 1.807) is 6.92 Å². The summed E-state index contributed by atoms with van der Waals surface area (Å²) in [5.41, 5.74) is 1.17. The molecule has 0 aliphatic rings. The zero-order valence-electron chi connectivity index (χ0n) is 9.14. The van der Waals surface area contributed by atoms with Crippen molar-refractivity contribution in [1.29, 1.82) is 0 Å². The van der Waals surface area contributed by atoms with Gasteiger partial charge in [0.25, 0.3) is 0 Å². The molecule has 0 fully saturated rings. The molecule has 0 N–H and O–H groups in total. The van der Waals surface area contributed by atoms with Crippen LogP contribution in [0, 0.1) is 3.57 Å². The Morgan fingerprint density at radius 1 is 1.53 bits per heavy atom. The van der Waals surface area contributed by atoms with Crippen molar-refractivity contribution in [2.45, 2.75) is 6.92 Å². The number of benzene rings is 1. The maximum atomic E-state index is 11.7. The summed E-state index contributed by atoms with van der Waals surface area (Å²) in [5.74, 6) is 0.0320. The first-order valence-corrected chi connectivity index (χ1v) is 6.18. The van der Waals surface area contributed by atoms with Gasteiger partial charge in [-0.25, -0.2) is 4.79 Å². The molecule has 1 aromatic carbocycles. The Labute approximate surface area is 112 Å². The van der Waals surface area contributed by atoms with Crippen LogP contribution in [0.25, 0.3) is 11.3 Å². The Bertz CT molecular complexity index is 536. The summed E-state index contributed by atoms with van der Waals surface area (Å²) in [6.07, 6.45) is 1.38. The highest BCUT2D eigenvalue weighted by Crippen LogP contribution is 2.25. The molecule has 88 valence electrons. The van der Waals surface area contributed by atoms with Crippen molar-refractivity contribution in [1.82, 2.24) is 5.16 Å². The maximum absolute atomic E-state index is 11.7. The number of carbonyl (C=O) groups is 1. The number of rotatable bonds is 3. The van der Waals surface area contributed by atoms with Gasteiger partial charge in [0.15, 0.2) is 5.76 Å². The van der Waals surface area contributed by atoms with E-state index in [1.165, 1.54) is 6.20 Å². The molecule has 0 bridgehead atoms. The molecular weight excluding hydrogens is 333 g/mol. The molecule has 0 aliphatic heterocycles. The lowest BCUT2D eigenvalue weighted by Crippen LogP contribution is -2.04. The molecule has 1 heterocycles. The van der Waals surface area contributed by atoms with Crippen molar-refractivity contribution in [2.75, 3.05) is 6.61 Å². The van der Waals surface area contributed by atoms with Gasteiger partial charge in [0.1, 0.15) is 5.56 Å². The predicted molar refractivity (Wildman–Crippen MR) is 70.6 cm³/mol. The van der Waals surface area contributed by atoms with Crippen molar-refractivity contribution in [2.24, 2.45) is 0 Å². The molecular formula is C12H10INO3. The van der Waals surface area contributed by atoms with Gasteiger partial charge in [0.2, 0.25) is 0 Å². The van der Waals surface area contributed by atoms with Crippen molar-refractivity contribution >= 4 is 28.6 Å². The molecule has 0 aliphatic carbocycles. The van der Waals surface area contributed by atoms with Crippen LogP contribution in [0.3, 0.4) is 0 Å². The third kappa shape index (κ3) is 2.66. The fourth-order valence-corrected chi connectivity index (χ4v) is 1.97. The highest BCUT2D eigenvalue weighted by molar-refractivity contribution is 14.1. The molecule has 0 saturated heterocycles. The summed E-state index contributed by atoms with van der Waals surface area (Å²) >= 11 is 2.20. The van der Waals surface area contributed by atoms with Gasteiger partial charge < -0.3 is 9.26 Å². The minimum Gasteiger partial charge on any atom is -0.462 e. The zero-order valence-corrected chi connectivity index (χ0v) is 11.3. The first-order chi connectivity index (χ1) is 8.22. The molecule has 5 heteroatoms. The molecule has 0 saturated carbocycles. The summed E-state index contributed by atoms with van der Waals surface area (Å²) in [6.45, 7) is 2.09. The van der Waals surface area contributed by atoms with Crippen LogP contribution in [0.1, 0.15) is 17.3 Å². The van der Waals surface area contributed by atoms with E-state index in [1.807, 2.05) is 24.3 Å². The van der Waals surface area contributed by atoms with Gasteiger partial charge >= 0.3 is 5.97 Å². The number of aromatic nitrogens is 1. The topological polar surface area (TPSA) is 52.3 Å². The summed E-state index contributed by atoms with van der Waals surface area (Å²) in [7, 11) is 0. The Hall–Kier alpha value is -1.37. The van der Waals surface area contributed by atoms with Crippen LogP contribution in [0.15, 0.2) is 35.0 Å². The van der Waals surface area contributed by atoms with Crippen molar-refractivity contribution in [3.63, 3.8) is 0 Å². The standard InChI is InChI=1S/C12H10INO3/c1-2-16-12(15)10-7-14-17-11(10)8-4-3-5-9(13)6-8/h3-7H,2H2,1H3. The molecule has 17 heavy (non-hydrogen) atoms. The average Bonchev–Trinajstić information content (AvgIpc) is 2.78. The third-order valence-corrected chi connectivity index (χ3v) is 2.82. The van der Waals surface area contributed by atoms with E-state index in [4.69, 9.17) is 9.26 Å². The second kappa shape index (κ2) is 5.31. The number of hydrogen-bond acceptors (Lipinski definition) is 4. The summed E-state index contributed by atoms with van der Waals surface area (Å²) in [4.78, 5) is 11.7. The van der Waals surface area contributed by atoms with Crippen LogP contribution in [0.5, 0.6) is 0 Å². The normalized spacial score (nSPS) is 10.2. The molecule has 2 aromatic rings. The number of carbonyl (C=O) groups excluding carboxylic acids is 1. The Morgan fingerprint density at radius 3 is 3.06 bits per heavy atom. The van der Waals surface area contributed by atoms with E-state index >= 15 is 0 Å². The SMILES string of the molecule is CCOC(=O)c1cnoc1-c1cccc(I)c1. The summed E-state index contributed by atoms with van der Waals surface area (Å²) in [6, 6.07) is 7.65. The van der Waals surface area contributed by atoms with Crippen LogP contribution < -0.4 is 0 Å². The van der Waals surface area contributed by atoms with E-state index in [2.05, 4.69) is 27.7 Å². The van der Waals surface area contributed by atoms with Crippen molar-refractivity contribution in [3.8, 4) is 11.3 Å². The van der Waals surface area contributed by atoms with Gasteiger partial charge in [-0.1, -0.05) is 17.3 Å². The van der Waals surface area contributed by atoms with E-state index in [-0.39, 0.29) is 0 Å². The second-order valence-corrected chi connectivity index (χ2v) is 4.55. The first-order valence-electron chi connectivity index (χ1n) is 5.10. The van der Waals surface area contributed by atoms with Crippen LogP contribution in [-0.2, 0) is 4.74 Å². The molecule has 0 atom stereocenters. The fourth-order valence-electron chi connectivity index (χ4n) is 1.43. The smallest absolute Gasteiger partial charge is 0.343 e. The average molecular weight is 343 g/mol. The second-order valence-electron chi connectivity index (χ2n) is 3.30. The van der Waals surface area contributed by atoms with Gasteiger partial charge in [-0.2, -0.15) is 0 Å². The van der Waals surface area contributed by atoms with Gasteiger partial charge in [0.05, 0.1) is 12.8 Å². The van der Waals surface area contributed by atoms with E-state index in [0.29, 0.717) is 17.9 Å². The molecule has 1 aromatic heterocycles. The van der Waals surface area contributed by atoms with Crippen LogP contribution in [0.2, 0.25) is 0 Å². The number of halogens is 1. The van der Waals surface area contributed by atoms with E-state index in [0.717, 1.165) is 9.13 Å². The van der Waals surface area contributed by atoms with Crippen molar-refractivity contribution < 1.29 is 14.1 Å². The molecule has 0 radical (unpaired) electrons. The third-order valence-electron chi connectivity index (χ3n) is 2.15. The molecule has 4 nitrogen and oxygen atoms in total. The summed E-state index contributed by atoms with van der Waals surface area (Å²) in [5, 5.41) is 3.65. The van der Waals surface area contributed by atoms with Crippen molar-refractivity contribution in [3.05, 3.63) is 39.6 Å². The van der Waals surface area contributed by atoms with Gasteiger partial charge in [-0.15, -0.1) is 0 Å². The highest BCUT2D eigenvalue weighted by Gasteiger charge is 2.18. The zero-order chi connectivity index (χ0) is 12.3. The lowest BCUT2D eigenvalue weighted by atomic mass is 10.1. The van der Waals surface area contributed by atoms with Crippen LogP contribution >= 0.6 is 22.6 Å². The fraction of sp³-hybridized carbons (Fsp3) is 0.167. The van der Waals surface area contributed by atoms with Crippen LogP contribution in [-0.4, -0.2) is 17.7 Å². The molecule has 0 spiro atoms. The highest BCUT2D eigenvalue weighted by atomic mass is 127. The maximum Gasteiger partial charge on any atom is 0.343 e. The number of nitrogens with zero attached hydrogens (tertiary/aromatic N) is 1. The minimum atomic E-state index is -0.414. The predicted octanol–water partition coefficient (Wildman–Crippen LogP) is 3.12. The number of hydrogen-bond donors (Lipinski definition) is 0. The quantitative estimate of drug-likeness (QED) is 0.635. The van der Waals surface area contributed by atoms with E-state index in [9.17, 15) is 4.79 Å². The van der Waals surface area contributed by atoms with Gasteiger partial charge in [-0.05, 0) is 41.6 Å². The van der Waals surface area contributed by atoms with Gasteiger partial charge in [-0.3, -0.25) is 0 Å². The van der Waals surface area contributed by atoms with E-state index < -0.39 is 5.97 Å². The monoisotopic (exact) mass is 343 g/mol. The number of esters is 1. The molecule has 2 rings (SSSR count). The Morgan fingerprint density at radius 2 is 2.35 bits per heavy atom. The Balaban J connectivity index is 2.40. The van der Waals surface area contributed by atoms with Gasteiger partial charge in [0, 0.05) is 9.13 Å². The summed E-state index contributed by atoms with van der Waals surface area (Å²) < 4.78 is 11.1. The molecule has 0 amide bonds. The number of ether oxygens (including phenoxy) is 1. The minimum absolute atomic E-state index is 0.329.